The van der Waals surface area contributed by atoms with Crippen LogP contribution < -0.4 is 0 Å². The Morgan fingerprint density at radius 1 is 1.31 bits per heavy atom. The summed E-state index contributed by atoms with van der Waals surface area (Å²) in [7, 11) is 0. The Kier molecular flexibility index (Phi) is 4.17. The molecule has 0 aliphatic rings. The van der Waals surface area contributed by atoms with Crippen LogP contribution in [0.25, 0.3) is 10.6 Å². The van der Waals surface area contributed by atoms with E-state index < -0.39 is 0 Å². The summed E-state index contributed by atoms with van der Waals surface area (Å²) in [5, 5.41) is 1.22. The maximum Gasteiger partial charge on any atom is 0.145 e. The smallest absolute Gasteiger partial charge is 0.145 e. The zero-order chi connectivity index (χ0) is 11.2. The van der Waals surface area contributed by atoms with Gasteiger partial charge in [-0.1, -0.05) is 26.2 Å². The first-order valence-corrected chi connectivity index (χ1v) is 6.70. The van der Waals surface area contributed by atoms with Crippen molar-refractivity contribution in [3.05, 3.63) is 29.6 Å². The van der Waals surface area contributed by atoms with Gasteiger partial charge < -0.3 is 4.42 Å². The summed E-state index contributed by atoms with van der Waals surface area (Å²) in [6.45, 7) is 2.23. The van der Waals surface area contributed by atoms with Gasteiger partial charge in [-0.25, -0.2) is 4.98 Å². The number of aryl methyl sites for hydroxylation is 1. The van der Waals surface area contributed by atoms with Crippen molar-refractivity contribution in [2.45, 2.75) is 39.0 Å². The van der Waals surface area contributed by atoms with E-state index in [0.29, 0.717) is 0 Å². The van der Waals surface area contributed by atoms with Crippen molar-refractivity contribution in [3.63, 3.8) is 0 Å². The van der Waals surface area contributed by atoms with Gasteiger partial charge in [0.1, 0.15) is 5.76 Å². The quantitative estimate of drug-likeness (QED) is 0.688. The predicted molar refractivity (Wildman–Crippen MR) is 67.7 cm³/mol. The monoisotopic (exact) mass is 235 g/mol. The van der Waals surface area contributed by atoms with E-state index in [0.717, 1.165) is 17.1 Å². The van der Waals surface area contributed by atoms with Crippen molar-refractivity contribution in [1.29, 1.82) is 0 Å². The van der Waals surface area contributed by atoms with Crippen LogP contribution in [-0.2, 0) is 6.42 Å². The number of rotatable bonds is 6. The Balaban J connectivity index is 1.88. The van der Waals surface area contributed by atoms with Crippen molar-refractivity contribution >= 4 is 11.3 Å². The normalized spacial score (nSPS) is 10.8. The molecule has 0 saturated carbocycles. The van der Waals surface area contributed by atoms with E-state index >= 15 is 0 Å². The molecule has 0 bridgehead atoms. The Morgan fingerprint density at radius 3 is 3.00 bits per heavy atom. The van der Waals surface area contributed by atoms with E-state index in [-0.39, 0.29) is 0 Å². The molecular formula is C13H17NOS. The predicted octanol–water partition coefficient (Wildman–Crippen LogP) is 4.53. The summed E-state index contributed by atoms with van der Waals surface area (Å²) in [4.78, 5) is 5.56. The summed E-state index contributed by atoms with van der Waals surface area (Å²) in [5.74, 6) is 0.928. The van der Waals surface area contributed by atoms with E-state index in [4.69, 9.17) is 4.42 Å². The van der Waals surface area contributed by atoms with Gasteiger partial charge in [-0.15, -0.1) is 11.3 Å². The minimum Gasteiger partial charge on any atom is -0.463 e. The van der Waals surface area contributed by atoms with Crippen LogP contribution in [0, 0.1) is 0 Å². The second kappa shape index (κ2) is 5.85. The van der Waals surface area contributed by atoms with Crippen molar-refractivity contribution in [3.8, 4) is 10.6 Å². The standard InChI is InChI=1S/C13H17NOS/c1-2-3-4-5-8-13-14-10-12(16-13)11-7-6-9-15-11/h6-7,9-10H,2-5,8H2,1H3. The van der Waals surface area contributed by atoms with Crippen molar-refractivity contribution in [1.82, 2.24) is 4.98 Å². The first kappa shape index (κ1) is 11.4. The molecule has 0 fully saturated rings. The van der Waals surface area contributed by atoms with Gasteiger partial charge >= 0.3 is 0 Å². The molecule has 3 heteroatoms. The second-order valence-corrected chi connectivity index (χ2v) is 5.02. The fourth-order valence-electron chi connectivity index (χ4n) is 1.66. The molecule has 86 valence electrons. The average Bonchev–Trinajstić information content (AvgIpc) is 2.94. The molecular weight excluding hydrogens is 218 g/mol. The minimum atomic E-state index is 0.928. The summed E-state index contributed by atoms with van der Waals surface area (Å²) < 4.78 is 5.35. The fourth-order valence-corrected chi connectivity index (χ4v) is 2.59. The van der Waals surface area contributed by atoms with Crippen molar-refractivity contribution in [2.24, 2.45) is 0 Å². The molecule has 2 nitrogen and oxygen atoms in total. The molecule has 0 atom stereocenters. The van der Waals surface area contributed by atoms with Crippen LogP contribution in [0.15, 0.2) is 29.0 Å². The average molecular weight is 235 g/mol. The topological polar surface area (TPSA) is 26.0 Å². The lowest BCUT2D eigenvalue weighted by atomic mass is 10.2. The summed E-state index contributed by atoms with van der Waals surface area (Å²) in [6.07, 6.45) is 9.90. The maximum absolute atomic E-state index is 5.35. The number of hydrogen-bond donors (Lipinski definition) is 0. The van der Waals surface area contributed by atoms with Gasteiger partial charge in [0.2, 0.25) is 0 Å². The molecule has 16 heavy (non-hydrogen) atoms. The van der Waals surface area contributed by atoms with E-state index in [1.807, 2.05) is 18.3 Å². The molecule has 2 aromatic rings. The lowest BCUT2D eigenvalue weighted by molar-refractivity contribution is 0.583. The minimum absolute atomic E-state index is 0.928. The first-order valence-electron chi connectivity index (χ1n) is 5.88. The Bertz CT molecular complexity index is 405. The number of thiazole rings is 1. The Labute approximate surface area is 100 Å². The number of nitrogens with zero attached hydrogens (tertiary/aromatic N) is 1. The molecule has 0 aromatic carbocycles. The Morgan fingerprint density at radius 2 is 2.25 bits per heavy atom. The van der Waals surface area contributed by atoms with Gasteiger partial charge in [0.25, 0.3) is 0 Å². The lowest BCUT2D eigenvalue weighted by Crippen LogP contribution is -1.83. The zero-order valence-corrected chi connectivity index (χ0v) is 10.4. The molecule has 0 aliphatic heterocycles. The van der Waals surface area contributed by atoms with Crippen LogP contribution >= 0.6 is 11.3 Å². The highest BCUT2D eigenvalue weighted by Gasteiger charge is 2.06. The molecule has 0 aliphatic carbocycles. The molecule has 2 heterocycles. The number of hydrogen-bond acceptors (Lipinski definition) is 3. The number of aromatic nitrogens is 1. The molecule has 2 rings (SSSR count). The zero-order valence-electron chi connectivity index (χ0n) is 9.61. The van der Waals surface area contributed by atoms with Crippen LogP contribution in [-0.4, -0.2) is 4.98 Å². The van der Waals surface area contributed by atoms with Gasteiger partial charge in [-0.3, -0.25) is 0 Å². The molecule has 0 spiro atoms. The molecule has 0 radical (unpaired) electrons. The molecule has 0 unspecified atom stereocenters. The Hall–Kier alpha value is -1.09. The van der Waals surface area contributed by atoms with E-state index in [2.05, 4.69) is 11.9 Å². The lowest BCUT2D eigenvalue weighted by Gasteiger charge is -1.95. The van der Waals surface area contributed by atoms with Crippen LogP contribution in [0.3, 0.4) is 0 Å². The van der Waals surface area contributed by atoms with E-state index in [1.54, 1.807) is 17.6 Å². The van der Waals surface area contributed by atoms with Crippen molar-refractivity contribution < 1.29 is 4.42 Å². The van der Waals surface area contributed by atoms with Crippen LogP contribution in [0.4, 0.5) is 0 Å². The summed E-state index contributed by atoms with van der Waals surface area (Å²) in [6, 6.07) is 3.89. The van der Waals surface area contributed by atoms with Gasteiger partial charge in [0, 0.05) is 6.20 Å². The maximum atomic E-state index is 5.35. The number of furan rings is 1. The van der Waals surface area contributed by atoms with Gasteiger partial charge in [-0.2, -0.15) is 0 Å². The first-order chi connectivity index (χ1) is 7.90. The van der Waals surface area contributed by atoms with Crippen LogP contribution in [0.5, 0.6) is 0 Å². The largest absolute Gasteiger partial charge is 0.463 e. The number of unbranched alkanes of at least 4 members (excludes halogenated alkanes) is 3. The highest BCUT2D eigenvalue weighted by molar-refractivity contribution is 7.15. The highest BCUT2D eigenvalue weighted by atomic mass is 32.1. The van der Waals surface area contributed by atoms with E-state index in [1.165, 1.54) is 30.7 Å². The molecule has 0 saturated heterocycles. The highest BCUT2D eigenvalue weighted by Crippen LogP contribution is 2.27. The molecule has 0 N–H and O–H groups in total. The van der Waals surface area contributed by atoms with Crippen LogP contribution in [0.2, 0.25) is 0 Å². The van der Waals surface area contributed by atoms with Crippen molar-refractivity contribution in [2.75, 3.05) is 0 Å². The van der Waals surface area contributed by atoms with Crippen LogP contribution in [0.1, 0.15) is 37.6 Å². The SMILES string of the molecule is CCCCCCc1ncc(-c2ccco2)s1. The van der Waals surface area contributed by atoms with Gasteiger partial charge in [0.15, 0.2) is 0 Å². The van der Waals surface area contributed by atoms with Gasteiger partial charge in [0.05, 0.1) is 16.1 Å². The van der Waals surface area contributed by atoms with E-state index in [9.17, 15) is 0 Å². The van der Waals surface area contributed by atoms with Gasteiger partial charge in [-0.05, 0) is 25.0 Å². The third kappa shape index (κ3) is 2.95. The molecule has 0 amide bonds. The third-order valence-corrected chi connectivity index (χ3v) is 3.63. The summed E-state index contributed by atoms with van der Waals surface area (Å²) in [5.41, 5.74) is 0. The summed E-state index contributed by atoms with van der Waals surface area (Å²) >= 11 is 1.74. The molecule has 2 aromatic heterocycles. The third-order valence-electron chi connectivity index (χ3n) is 2.56. The fraction of sp³-hybridized carbons (Fsp3) is 0.462. The second-order valence-electron chi connectivity index (χ2n) is 3.91.